The van der Waals surface area contributed by atoms with Crippen molar-refractivity contribution in [2.75, 3.05) is 6.61 Å². The summed E-state index contributed by atoms with van der Waals surface area (Å²) in [5.74, 6) is -2.24. The van der Waals surface area contributed by atoms with Crippen LogP contribution in [0.4, 0.5) is 4.39 Å². The van der Waals surface area contributed by atoms with E-state index in [4.69, 9.17) is 13.8 Å². The molecule has 1 aromatic heterocycles. The van der Waals surface area contributed by atoms with Crippen molar-refractivity contribution in [2.24, 2.45) is 5.92 Å². The highest BCUT2D eigenvalue weighted by Gasteiger charge is 2.47. The van der Waals surface area contributed by atoms with Gasteiger partial charge in [0.05, 0.1) is 0 Å². The number of nitrogens with one attached hydrogen (secondary N) is 1. The molecule has 1 aromatic carbocycles. The first-order chi connectivity index (χ1) is 12.4. The Morgan fingerprint density at radius 3 is 2.77 bits per heavy atom. The van der Waals surface area contributed by atoms with Crippen LogP contribution in [0.1, 0.15) is 19.6 Å². The Kier molecular flexibility index (Phi) is 5.41. The molecule has 1 saturated heterocycles. The monoisotopic (exact) mass is 384 g/mol. The van der Waals surface area contributed by atoms with Crippen LogP contribution in [0.15, 0.2) is 52.2 Å². The first-order valence-corrected chi connectivity index (χ1v) is 9.17. The lowest BCUT2D eigenvalue weighted by molar-refractivity contribution is -0.174. The van der Waals surface area contributed by atoms with Gasteiger partial charge in [0.1, 0.15) is 18.6 Å². The topological polar surface area (TPSA) is 99.6 Å². The number of aromatic nitrogens is 2. The summed E-state index contributed by atoms with van der Waals surface area (Å²) in [7, 11) is -2.97. The maximum Gasteiger partial charge on any atom is 0.368 e. The van der Waals surface area contributed by atoms with Crippen molar-refractivity contribution < 1.29 is 22.7 Å². The quantitative estimate of drug-likeness (QED) is 0.767. The fraction of sp³-hybridized carbons (Fsp3) is 0.375. The SMILES string of the molecule is C[C@H]1C[C@@](F)(CO[PH](=O)Oc2ccccc2)O[C@H]1n1ccc(=O)[nH]c1=O. The third-order valence-corrected chi connectivity index (χ3v) is 4.70. The maximum absolute atomic E-state index is 14.9. The third-order valence-electron chi connectivity index (χ3n) is 3.92. The number of H-pyrrole nitrogens is 1. The van der Waals surface area contributed by atoms with Crippen molar-refractivity contribution in [3.05, 3.63) is 63.4 Å². The van der Waals surface area contributed by atoms with Crippen LogP contribution in [0.3, 0.4) is 0 Å². The molecule has 1 unspecified atom stereocenters. The minimum absolute atomic E-state index is 0.0658. The number of alkyl halides is 1. The molecule has 2 aromatic rings. The minimum atomic E-state index is -2.97. The van der Waals surface area contributed by atoms with Gasteiger partial charge in [0.25, 0.3) is 5.56 Å². The normalized spacial score (nSPS) is 26.5. The average molecular weight is 384 g/mol. The van der Waals surface area contributed by atoms with E-state index in [1.807, 2.05) is 0 Å². The second-order valence-electron chi connectivity index (χ2n) is 6.04. The molecule has 0 saturated carbocycles. The molecule has 8 nitrogen and oxygen atoms in total. The van der Waals surface area contributed by atoms with E-state index in [9.17, 15) is 18.5 Å². The summed E-state index contributed by atoms with van der Waals surface area (Å²) in [6.45, 7) is 1.10. The fourth-order valence-corrected chi connectivity index (χ4v) is 3.52. The second kappa shape index (κ2) is 7.57. The molecule has 0 amide bonds. The summed E-state index contributed by atoms with van der Waals surface area (Å²) in [6, 6.07) is 9.53. The van der Waals surface area contributed by atoms with Crippen molar-refractivity contribution in [3.8, 4) is 5.75 Å². The summed E-state index contributed by atoms with van der Waals surface area (Å²) in [5, 5.41) is 0. The molecule has 10 heteroatoms. The second-order valence-corrected chi connectivity index (χ2v) is 7.04. The van der Waals surface area contributed by atoms with Gasteiger partial charge in [0, 0.05) is 24.6 Å². The number of nitrogens with zero attached hydrogens (tertiary/aromatic N) is 1. The van der Waals surface area contributed by atoms with Gasteiger partial charge in [0.2, 0.25) is 5.85 Å². The van der Waals surface area contributed by atoms with Gasteiger partial charge in [-0.2, -0.15) is 0 Å². The lowest BCUT2D eigenvalue weighted by atomic mass is 10.1. The molecule has 3 rings (SSSR count). The van der Waals surface area contributed by atoms with Gasteiger partial charge < -0.3 is 9.26 Å². The molecule has 1 fully saturated rings. The Morgan fingerprint density at radius 1 is 1.35 bits per heavy atom. The van der Waals surface area contributed by atoms with Gasteiger partial charge in [-0.3, -0.25) is 18.9 Å². The van der Waals surface area contributed by atoms with E-state index in [0.29, 0.717) is 5.75 Å². The van der Waals surface area contributed by atoms with Crippen LogP contribution in [-0.4, -0.2) is 22.0 Å². The van der Waals surface area contributed by atoms with Gasteiger partial charge in [-0.05, 0) is 12.1 Å². The molecule has 140 valence electrons. The Morgan fingerprint density at radius 2 is 2.08 bits per heavy atom. The lowest BCUT2D eigenvalue weighted by Gasteiger charge is -2.21. The molecule has 2 heterocycles. The van der Waals surface area contributed by atoms with E-state index in [-0.39, 0.29) is 12.3 Å². The molecule has 0 bridgehead atoms. The van der Waals surface area contributed by atoms with Crippen molar-refractivity contribution >= 4 is 8.25 Å². The molecular formula is C16H18FN2O6P. The van der Waals surface area contributed by atoms with Crippen molar-refractivity contribution in [2.45, 2.75) is 25.4 Å². The zero-order valence-electron chi connectivity index (χ0n) is 13.9. The largest absolute Gasteiger partial charge is 0.426 e. The zero-order chi connectivity index (χ0) is 18.7. The Bertz CT molecular complexity index is 901. The predicted octanol–water partition coefficient (Wildman–Crippen LogP) is 2.24. The van der Waals surface area contributed by atoms with Crippen molar-refractivity contribution in [3.63, 3.8) is 0 Å². The van der Waals surface area contributed by atoms with E-state index < -0.39 is 38.2 Å². The summed E-state index contributed by atoms with van der Waals surface area (Å²) >= 11 is 0. The van der Waals surface area contributed by atoms with Crippen molar-refractivity contribution in [1.82, 2.24) is 9.55 Å². The number of benzene rings is 1. The number of hydrogen-bond donors (Lipinski definition) is 1. The van der Waals surface area contributed by atoms with Crippen molar-refractivity contribution in [1.29, 1.82) is 0 Å². The first-order valence-electron chi connectivity index (χ1n) is 7.94. The number of para-hydroxylation sites is 1. The van der Waals surface area contributed by atoms with Crippen LogP contribution in [0.2, 0.25) is 0 Å². The predicted molar refractivity (Wildman–Crippen MR) is 91.1 cm³/mol. The van der Waals surface area contributed by atoms with Gasteiger partial charge in [-0.1, -0.05) is 25.1 Å². The van der Waals surface area contributed by atoms with Crippen LogP contribution in [0, 0.1) is 5.92 Å². The number of rotatable bonds is 6. The highest BCUT2D eigenvalue weighted by molar-refractivity contribution is 7.33. The summed E-state index contributed by atoms with van der Waals surface area (Å²) in [4.78, 5) is 25.1. The molecule has 1 N–H and O–H groups in total. The molecule has 1 aliphatic heterocycles. The van der Waals surface area contributed by atoms with Crippen LogP contribution < -0.4 is 15.8 Å². The minimum Gasteiger partial charge on any atom is -0.426 e. The number of hydrogen-bond acceptors (Lipinski definition) is 6. The van der Waals surface area contributed by atoms with Crippen LogP contribution in [0.5, 0.6) is 5.75 Å². The number of aromatic amines is 1. The molecule has 0 spiro atoms. The molecule has 26 heavy (non-hydrogen) atoms. The van der Waals surface area contributed by atoms with E-state index >= 15 is 0 Å². The number of ether oxygens (including phenoxy) is 1. The first kappa shape index (κ1) is 18.6. The lowest BCUT2D eigenvalue weighted by Crippen LogP contribution is -2.34. The Balaban J connectivity index is 1.63. The standard InChI is InChI=1S/C16H18FN2O6P/c1-11-9-16(17,10-23-26(22)25-12-5-3-2-4-6-12)24-14(11)19-8-7-13(20)18-15(19)21/h2-8,11,14,26H,9-10H2,1H3,(H,18,20,21)/t11-,14+,16-/m0/s1. The fourth-order valence-electron chi connectivity index (χ4n) is 2.79. The maximum atomic E-state index is 14.9. The molecule has 0 aliphatic carbocycles. The van der Waals surface area contributed by atoms with Gasteiger partial charge in [-0.25, -0.2) is 13.8 Å². The van der Waals surface area contributed by atoms with Crippen LogP contribution in [-0.2, 0) is 13.8 Å². The van der Waals surface area contributed by atoms with E-state index in [1.165, 1.54) is 6.20 Å². The smallest absolute Gasteiger partial charge is 0.368 e. The van der Waals surface area contributed by atoms with E-state index in [0.717, 1.165) is 10.6 Å². The third kappa shape index (κ3) is 4.30. The van der Waals surface area contributed by atoms with Crippen LogP contribution in [0.25, 0.3) is 0 Å². The summed E-state index contributed by atoms with van der Waals surface area (Å²) in [5.41, 5.74) is -1.25. The van der Waals surface area contributed by atoms with Gasteiger partial charge in [0.15, 0.2) is 0 Å². The summed E-state index contributed by atoms with van der Waals surface area (Å²) in [6.07, 6.45) is 0.269. The molecule has 4 atom stereocenters. The average Bonchev–Trinajstić information content (AvgIpc) is 2.89. The Labute approximate surface area is 148 Å². The number of halogens is 1. The molecular weight excluding hydrogens is 366 g/mol. The highest BCUT2D eigenvalue weighted by Crippen LogP contribution is 2.43. The van der Waals surface area contributed by atoms with E-state index in [1.54, 1.807) is 37.3 Å². The molecule has 1 aliphatic rings. The molecule has 0 radical (unpaired) electrons. The van der Waals surface area contributed by atoms with Crippen LogP contribution >= 0.6 is 8.25 Å². The van der Waals surface area contributed by atoms with Gasteiger partial charge in [-0.15, -0.1) is 0 Å². The Hall–Kier alpha value is -2.22. The van der Waals surface area contributed by atoms with Gasteiger partial charge >= 0.3 is 13.9 Å². The highest BCUT2D eigenvalue weighted by atomic mass is 31.1. The summed E-state index contributed by atoms with van der Waals surface area (Å²) < 4.78 is 43.3. The zero-order valence-corrected chi connectivity index (χ0v) is 14.9. The van der Waals surface area contributed by atoms with E-state index in [2.05, 4.69) is 4.98 Å².